The van der Waals surface area contributed by atoms with Crippen LogP contribution in [0.4, 0.5) is 4.39 Å². The number of rotatable bonds is 2. The second-order valence-corrected chi connectivity index (χ2v) is 2.58. The summed E-state index contributed by atoms with van der Waals surface area (Å²) in [5.74, 6) is -2.59. The Labute approximate surface area is 79.4 Å². The Morgan fingerprint density at radius 2 is 2.07 bits per heavy atom. The van der Waals surface area contributed by atoms with Gasteiger partial charge in [-0.05, 0) is 18.2 Å². The fourth-order valence-electron chi connectivity index (χ4n) is 0.967. The molecule has 0 fully saturated rings. The van der Waals surface area contributed by atoms with Crippen molar-refractivity contribution in [2.24, 2.45) is 0 Å². The Balaban J connectivity index is 3.21. The normalized spacial score (nSPS) is 9.57. The molecule has 0 atom stereocenters. The van der Waals surface area contributed by atoms with Gasteiger partial charge in [0.05, 0.1) is 11.1 Å². The highest BCUT2D eigenvalue weighted by molar-refractivity contribution is 5.97. The van der Waals surface area contributed by atoms with Crippen molar-refractivity contribution < 1.29 is 19.1 Å². The maximum atomic E-state index is 13.0. The van der Waals surface area contributed by atoms with E-state index in [1.807, 2.05) is 0 Å². The molecule has 0 bridgehead atoms. The van der Waals surface area contributed by atoms with Gasteiger partial charge in [-0.2, -0.15) is 0 Å². The van der Waals surface area contributed by atoms with Crippen LogP contribution in [-0.4, -0.2) is 24.0 Å². The maximum Gasteiger partial charge on any atom is 0.335 e. The van der Waals surface area contributed by atoms with Gasteiger partial charge in [0.2, 0.25) is 0 Å². The fourth-order valence-corrected chi connectivity index (χ4v) is 0.967. The zero-order valence-corrected chi connectivity index (χ0v) is 7.37. The lowest BCUT2D eigenvalue weighted by molar-refractivity contribution is 0.0697. The van der Waals surface area contributed by atoms with Gasteiger partial charge < -0.3 is 10.4 Å². The largest absolute Gasteiger partial charge is 0.478 e. The number of amides is 1. The summed E-state index contributed by atoms with van der Waals surface area (Å²) in [5, 5.41) is 10.8. The van der Waals surface area contributed by atoms with Crippen LogP contribution in [0.1, 0.15) is 20.7 Å². The predicted molar refractivity (Wildman–Crippen MR) is 46.7 cm³/mol. The number of hydrogen-bond acceptors (Lipinski definition) is 2. The second kappa shape index (κ2) is 3.87. The van der Waals surface area contributed by atoms with Gasteiger partial charge in [-0.1, -0.05) is 0 Å². The molecule has 4 nitrogen and oxygen atoms in total. The lowest BCUT2D eigenvalue weighted by Gasteiger charge is -2.02. The van der Waals surface area contributed by atoms with Gasteiger partial charge >= 0.3 is 5.97 Å². The van der Waals surface area contributed by atoms with Crippen molar-refractivity contribution in [3.8, 4) is 0 Å². The number of carboxylic acid groups (broad SMARTS) is 1. The highest BCUT2D eigenvalue weighted by Gasteiger charge is 2.13. The molecule has 1 aromatic rings. The minimum absolute atomic E-state index is 0.120. The first-order valence-electron chi connectivity index (χ1n) is 3.81. The van der Waals surface area contributed by atoms with E-state index in [0.29, 0.717) is 0 Å². The van der Waals surface area contributed by atoms with Gasteiger partial charge in [0.1, 0.15) is 5.82 Å². The van der Waals surface area contributed by atoms with E-state index in [2.05, 4.69) is 5.32 Å². The summed E-state index contributed by atoms with van der Waals surface area (Å²) in [6, 6.07) is 3.05. The van der Waals surface area contributed by atoms with Gasteiger partial charge in [-0.3, -0.25) is 4.79 Å². The Morgan fingerprint density at radius 3 is 2.57 bits per heavy atom. The smallest absolute Gasteiger partial charge is 0.335 e. The van der Waals surface area contributed by atoms with Crippen molar-refractivity contribution in [1.29, 1.82) is 0 Å². The zero-order chi connectivity index (χ0) is 10.7. The minimum atomic E-state index is -1.20. The number of carbonyl (C=O) groups excluding carboxylic acids is 1. The number of hydrogen-bond donors (Lipinski definition) is 2. The average molecular weight is 197 g/mol. The van der Waals surface area contributed by atoms with Crippen molar-refractivity contribution in [1.82, 2.24) is 5.32 Å². The van der Waals surface area contributed by atoms with Crippen LogP contribution in [0.5, 0.6) is 0 Å². The Kier molecular flexibility index (Phi) is 2.81. The molecule has 0 heterocycles. The van der Waals surface area contributed by atoms with Crippen molar-refractivity contribution in [3.63, 3.8) is 0 Å². The molecule has 5 heteroatoms. The lowest BCUT2D eigenvalue weighted by atomic mass is 10.1. The van der Waals surface area contributed by atoms with E-state index < -0.39 is 17.7 Å². The van der Waals surface area contributed by atoms with Crippen molar-refractivity contribution in [3.05, 3.63) is 35.1 Å². The standard InChI is InChI=1S/C9H8FNO3/c1-11-8(12)6-4-5(9(13)14)2-3-7(6)10/h2-4H,1H3,(H,11,12)(H,13,14). The van der Waals surface area contributed by atoms with Crippen LogP contribution in [0.15, 0.2) is 18.2 Å². The topological polar surface area (TPSA) is 66.4 Å². The first-order chi connectivity index (χ1) is 6.56. The van der Waals surface area contributed by atoms with E-state index in [1.165, 1.54) is 7.05 Å². The SMILES string of the molecule is CNC(=O)c1cc(C(=O)O)ccc1F. The Bertz CT molecular complexity index is 390. The number of carbonyl (C=O) groups is 2. The molecule has 0 unspecified atom stereocenters. The molecular formula is C9H8FNO3. The average Bonchev–Trinajstić information content (AvgIpc) is 2.17. The van der Waals surface area contributed by atoms with Crippen LogP contribution >= 0.6 is 0 Å². The van der Waals surface area contributed by atoms with E-state index in [4.69, 9.17) is 5.11 Å². The number of benzene rings is 1. The molecule has 74 valence electrons. The third-order valence-electron chi connectivity index (χ3n) is 1.68. The molecule has 14 heavy (non-hydrogen) atoms. The second-order valence-electron chi connectivity index (χ2n) is 2.58. The number of nitrogens with one attached hydrogen (secondary N) is 1. The summed E-state index contributed by atoms with van der Waals surface area (Å²) in [5.41, 5.74) is -0.391. The summed E-state index contributed by atoms with van der Waals surface area (Å²) < 4.78 is 13.0. The molecule has 0 spiro atoms. The van der Waals surface area contributed by atoms with Crippen molar-refractivity contribution in [2.75, 3.05) is 7.05 Å². The van der Waals surface area contributed by atoms with E-state index in [9.17, 15) is 14.0 Å². The van der Waals surface area contributed by atoms with E-state index in [-0.39, 0.29) is 11.1 Å². The van der Waals surface area contributed by atoms with Gasteiger partial charge in [0, 0.05) is 7.05 Å². The van der Waals surface area contributed by atoms with E-state index in [0.717, 1.165) is 18.2 Å². The molecule has 0 aliphatic rings. The molecule has 1 aromatic carbocycles. The predicted octanol–water partition coefficient (Wildman–Crippen LogP) is 0.884. The summed E-state index contributed by atoms with van der Waals surface area (Å²) in [6.45, 7) is 0. The fraction of sp³-hybridized carbons (Fsp3) is 0.111. The number of aromatic carboxylic acids is 1. The summed E-state index contributed by atoms with van der Waals surface area (Å²) in [7, 11) is 1.34. The monoisotopic (exact) mass is 197 g/mol. The lowest BCUT2D eigenvalue weighted by Crippen LogP contribution is -2.19. The van der Waals surface area contributed by atoms with Gasteiger partial charge in [-0.15, -0.1) is 0 Å². The summed E-state index contributed by atoms with van der Waals surface area (Å²) in [4.78, 5) is 21.6. The van der Waals surface area contributed by atoms with Crippen LogP contribution in [0, 0.1) is 5.82 Å². The maximum absolute atomic E-state index is 13.0. The molecule has 0 saturated carbocycles. The van der Waals surface area contributed by atoms with Crippen LogP contribution in [-0.2, 0) is 0 Å². The third-order valence-corrected chi connectivity index (χ3v) is 1.68. The molecule has 0 saturated heterocycles. The molecule has 0 aliphatic heterocycles. The molecule has 0 aliphatic carbocycles. The van der Waals surface area contributed by atoms with Crippen LogP contribution < -0.4 is 5.32 Å². The molecule has 1 rings (SSSR count). The zero-order valence-electron chi connectivity index (χ0n) is 7.37. The quantitative estimate of drug-likeness (QED) is 0.739. The first-order valence-corrected chi connectivity index (χ1v) is 3.81. The summed E-state index contributed by atoms with van der Waals surface area (Å²) in [6.07, 6.45) is 0. The highest BCUT2D eigenvalue weighted by Crippen LogP contribution is 2.10. The van der Waals surface area contributed by atoms with Gasteiger partial charge in [-0.25, -0.2) is 9.18 Å². The van der Waals surface area contributed by atoms with Crippen molar-refractivity contribution >= 4 is 11.9 Å². The van der Waals surface area contributed by atoms with Crippen molar-refractivity contribution in [2.45, 2.75) is 0 Å². The molecular weight excluding hydrogens is 189 g/mol. The molecule has 0 radical (unpaired) electrons. The van der Waals surface area contributed by atoms with Crippen LogP contribution in [0.3, 0.4) is 0 Å². The van der Waals surface area contributed by atoms with Gasteiger partial charge in [0.25, 0.3) is 5.91 Å². The van der Waals surface area contributed by atoms with Crippen LogP contribution in [0.25, 0.3) is 0 Å². The highest BCUT2D eigenvalue weighted by atomic mass is 19.1. The van der Waals surface area contributed by atoms with Crippen LogP contribution in [0.2, 0.25) is 0 Å². The number of halogens is 1. The van der Waals surface area contributed by atoms with E-state index in [1.54, 1.807) is 0 Å². The summed E-state index contributed by atoms with van der Waals surface area (Å²) >= 11 is 0. The van der Waals surface area contributed by atoms with E-state index >= 15 is 0 Å². The Morgan fingerprint density at radius 1 is 1.43 bits per heavy atom. The third kappa shape index (κ3) is 1.87. The first kappa shape index (κ1) is 10.2. The Hall–Kier alpha value is -1.91. The minimum Gasteiger partial charge on any atom is -0.478 e. The van der Waals surface area contributed by atoms with Gasteiger partial charge in [0.15, 0.2) is 0 Å². The molecule has 0 aromatic heterocycles. The molecule has 2 N–H and O–H groups in total. The number of carboxylic acids is 1. The molecule has 1 amide bonds.